The molecule has 1 unspecified atom stereocenters. The fraction of sp³-hybridized carbons (Fsp3) is 0.550. The second kappa shape index (κ2) is 8.25. The molecule has 1 atom stereocenters. The van der Waals surface area contributed by atoms with Gasteiger partial charge in [0.05, 0.1) is 11.5 Å². The Balaban J connectivity index is 1.67. The second-order valence-corrected chi connectivity index (χ2v) is 9.75. The van der Waals surface area contributed by atoms with Crippen molar-refractivity contribution in [3.63, 3.8) is 0 Å². The van der Waals surface area contributed by atoms with Crippen LogP contribution in [0.2, 0.25) is 0 Å². The van der Waals surface area contributed by atoms with E-state index in [-0.39, 0.29) is 11.7 Å². The van der Waals surface area contributed by atoms with Crippen LogP contribution in [0.4, 0.5) is 0 Å². The van der Waals surface area contributed by atoms with Gasteiger partial charge in [-0.05, 0) is 43.7 Å². The summed E-state index contributed by atoms with van der Waals surface area (Å²) in [6, 6.07) is 10.8. The number of hydrogen-bond acceptors (Lipinski definition) is 3. The lowest BCUT2D eigenvalue weighted by Gasteiger charge is -2.31. The Kier molecular flexibility index (Phi) is 6.01. The number of rotatable bonds is 4. The number of nitrogens with one attached hydrogen (secondary N) is 1. The molecule has 2 aliphatic heterocycles. The van der Waals surface area contributed by atoms with Crippen LogP contribution in [0, 0.1) is 5.92 Å². The lowest BCUT2D eigenvalue weighted by atomic mass is 10.00. The third-order valence-corrected chi connectivity index (χ3v) is 6.73. The van der Waals surface area contributed by atoms with Crippen molar-refractivity contribution in [1.29, 1.82) is 0 Å². The van der Waals surface area contributed by atoms with Gasteiger partial charge < -0.3 is 10.2 Å². The standard InChI is InChI=1S/C20H29N3O2S/c1-16(2)22-20(21-14-17-10-13-26(24,25)15-17)23-11-8-19(9-12-23)18-6-4-3-5-7-18/h3-8,16-17H,9-15H2,1-2H3,(H,21,22). The van der Waals surface area contributed by atoms with Gasteiger partial charge in [0.25, 0.3) is 0 Å². The monoisotopic (exact) mass is 375 g/mol. The van der Waals surface area contributed by atoms with Crippen molar-refractivity contribution < 1.29 is 8.42 Å². The van der Waals surface area contributed by atoms with Crippen LogP contribution in [0.1, 0.15) is 32.3 Å². The molecular weight excluding hydrogens is 346 g/mol. The van der Waals surface area contributed by atoms with Gasteiger partial charge in [-0.2, -0.15) is 0 Å². The van der Waals surface area contributed by atoms with Crippen LogP contribution in [-0.2, 0) is 9.84 Å². The molecule has 0 saturated carbocycles. The molecule has 0 aromatic heterocycles. The van der Waals surface area contributed by atoms with E-state index in [1.165, 1.54) is 11.1 Å². The summed E-state index contributed by atoms with van der Waals surface area (Å²) in [6.45, 7) is 6.53. The number of hydrogen-bond donors (Lipinski definition) is 1. The Morgan fingerprint density at radius 2 is 2.08 bits per heavy atom. The Morgan fingerprint density at radius 1 is 1.31 bits per heavy atom. The first-order chi connectivity index (χ1) is 12.4. The van der Waals surface area contributed by atoms with Gasteiger partial charge in [-0.25, -0.2) is 8.42 Å². The molecule has 0 radical (unpaired) electrons. The van der Waals surface area contributed by atoms with E-state index in [0.717, 1.165) is 31.9 Å². The topological polar surface area (TPSA) is 61.8 Å². The molecule has 3 rings (SSSR count). The second-order valence-electron chi connectivity index (χ2n) is 7.52. The molecule has 1 saturated heterocycles. The average Bonchev–Trinajstić information content (AvgIpc) is 2.98. The van der Waals surface area contributed by atoms with E-state index >= 15 is 0 Å². The van der Waals surface area contributed by atoms with Crippen molar-refractivity contribution in [2.75, 3.05) is 31.1 Å². The maximum atomic E-state index is 11.7. The number of guanidine groups is 1. The minimum Gasteiger partial charge on any atom is -0.354 e. The summed E-state index contributed by atoms with van der Waals surface area (Å²) in [5.74, 6) is 1.65. The molecule has 5 nitrogen and oxygen atoms in total. The van der Waals surface area contributed by atoms with Crippen LogP contribution in [0.5, 0.6) is 0 Å². The SMILES string of the molecule is CC(C)NC(=NCC1CCS(=O)(=O)C1)N1CC=C(c2ccccc2)CC1. The first-order valence-electron chi connectivity index (χ1n) is 9.44. The molecule has 6 heteroatoms. The highest BCUT2D eigenvalue weighted by atomic mass is 32.2. The van der Waals surface area contributed by atoms with Crippen LogP contribution in [0.25, 0.3) is 5.57 Å². The smallest absolute Gasteiger partial charge is 0.194 e. The van der Waals surface area contributed by atoms with Gasteiger partial charge in [-0.1, -0.05) is 36.4 Å². The van der Waals surface area contributed by atoms with Gasteiger partial charge in [0.2, 0.25) is 0 Å². The van der Waals surface area contributed by atoms with Gasteiger partial charge in [0.1, 0.15) is 0 Å². The highest BCUT2D eigenvalue weighted by molar-refractivity contribution is 7.91. The van der Waals surface area contributed by atoms with E-state index < -0.39 is 9.84 Å². The lowest BCUT2D eigenvalue weighted by molar-refractivity contribution is 0.429. The number of sulfone groups is 1. The molecule has 0 aliphatic carbocycles. The molecule has 2 heterocycles. The Labute approximate surface area is 157 Å². The fourth-order valence-electron chi connectivity index (χ4n) is 3.50. The molecule has 1 N–H and O–H groups in total. The van der Waals surface area contributed by atoms with Crippen LogP contribution in [0.3, 0.4) is 0 Å². The van der Waals surface area contributed by atoms with E-state index in [1.54, 1.807) is 0 Å². The first kappa shape index (κ1) is 19.0. The summed E-state index contributed by atoms with van der Waals surface area (Å²) >= 11 is 0. The molecule has 0 spiro atoms. The minimum absolute atomic E-state index is 0.157. The number of aliphatic imine (C=N–C) groups is 1. The third kappa shape index (κ3) is 5.10. The molecule has 26 heavy (non-hydrogen) atoms. The van der Waals surface area contributed by atoms with E-state index in [9.17, 15) is 8.42 Å². The Bertz CT molecular complexity index is 770. The zero-order valence-electron chi connectivity index (χ0n) is 15.7. The third-order valence-electron chi connectivity index (χ3n) is 4.90. The first-order valence-corrected chi connectivity index (χ1v) is 11.3. The highest BCUT2D eigenvalue weighted by Crippen LogP contribution is 2.22. The van der Waals surface area contributed by atoms with Crippen molar-refractivity contribution in [3.8, 4) is 0 Å². The van der Waals surface area contributed by atoms with Crippen molar-refractivity contribution >= 4 is 21.4 Å². The van der Waals surface area contributed by atoms with Gasteiger partial charge in [0.15, 0.2) is 15.8 Å². The summed E-state index contributed by atoms with van der Waals surface area (Å²) in [5.41, 5.74) is 2.67. The van der Waals surface area contributed by atoms with Crippen molar-refractivity contribution in [1.82, 2.24) is 10.2 Å². The zero-order chi connectivity index (χ0) is 18.6. The van der Waals surface area contributed by atoms with Crippen LogP contribution >= 0.6 is 0 Å². The number of nitrogens with zero attached hydrogens (tertiary/aromatic N) is 2. The summed E-state index contributed by atoms with van der Waals surface area (Å²) < 4.78 is 23.3. The molecule has 1 fully saturated rings. The largest absolute Gasteiger partial charge is 0.354 e. The van der Waals surface area contributed by atoms with Crippen molar-refractivity contribution in [3.05, 3.63) is 42.0 Å². The quantitative estimate of drug-likeness (QED) is 0.649. The molecule has 142 valence electrons. The maximum Gasteiger partial charge on any atom is 0.194 e. The zero-order valence-corrected chi connectivity index (χ0v) is 16.5. The van der Waals surface area contributed by atoms with Gasteiger partial charge in [-0.3, -0.25) is 4.99 Å². The van der Waals surface area contributed by atoms with Crippen molar-refractivity contribution in [2.45, 2.75) is 32.7 Å². The normalized spacial score (nSPS) is 23.2. The summed E-state index contributed by atoms with van der Waals surface area (Å²) in [7, 11) is -2.84. The molecule has 0 bridgehead atoms. The van der Waals surface area contributed by atoms with Gasteiger partial charge in [-0.15, -0.1) is 0 Å². The predicted octanol–water partition coefficient (Wildman–Crippen LogP) is 2.56. The summed E-state index contributed by atoms with van der Waals surface area (Å²) in [4.78, 5) is 7.03. The fourth-order valence-corrected chi connectivity index (χ4v) is 5.35. The Hall–Kier alpha value is -1.82. The van der Waals surface area contributed by atoms with E-state index in [0.29, 0.717) is 18.3 Å². The molecular formula is C20H29N3O2S. The number of benzene rings is 1. The van der Waals surface area contributed by atoms with Gasteiger partial charge in [0, 0.05) is 25.7 Å². The average molecular weight is 376 g/mol. The lowest BCUT2D eigenvalue weighted by Crippen LogP contribution is -2.46. The van der Waals surface area contributed by atoms with Crippen molar-refractivity contribution in [2.24, 2.45) is 10.9 Å². The Morgan fingerprint density at radius 3 is 2.65 bits per heavy atom. The summed E-state index contributed by atoms with van der Waals surface area (Å²) in [6.07, 6.45) is 4.00. The summed E-state index contributed by atoms with van der Waals surface area (Å²) in [5, 5.41) is 3.45. The molecule has 1 aromatic rings. The van der Waals surface area contributed by atoms with Crippen LogP contribution < -0.4 is 5.32 Å². The minimum atomic E-state index is -2.84. The molecule has 2 aliphatic rings. The molecule has 1 aromatic carbocycles. The van der Waals surface area contributed by atoms with E-state index in [1.807, 2.05) is 6.07 Å². The van der Waals surface area contributed by atoms with Crippen LogP contribution in [0.15, 0.2) is 41.4 Å². The van der Waals surface area contributed by atoms with Crippen LogP contribution in [-0.4, -0.2) is 56.5 Å². The predicted molar refractivity (Wildman–Crippen MR) is 108 cm³/mol. The van der Waals surface area contributed by atoms with Gasteiger partial charge >= 0.3 is 0 Å². The maximum absolute atomic E-state index is 11.7. The van der Waals surface area contributed by atoms with E-state index in [4.69, 9.17) is 4.99 Å². The highest BCUT2D eigenvalue weighted by Gasteiger charge is 2.28. The molecule has 0 amide bonds. The van der Waals surface area contributed by atoms with E-state index in [2.05, 4.69) is 54.4 Å².